The van der Waals surface area contributed by atoms with Crippen molar-refractivity contribution in [3.05, 3.63) is 36.2 Å². The molecule has 1 amide bonds. The number of aromatic nitrogens is 4. The Morgan fingerprint density at radius 2 is 2.00 bits per heavy atom. The van der Waals surface area contributed by atoms with E-state index in [1.807, 2.05) is 30.5 Å². The molecule has 130 valence electrons. The summed E-state index contributed by atoms with van der Waals surface area (Å²) < 4.78 is 2.01. The normalized spacial score (nSPS) is 11.2. The summed E-state index contributed by atoms with van der Waals surface area (Å²) in [5, 5.41) is 12.1. The fourth-order valence-electron chi connectivity index (χ4n) is 2.69. The van der Waals surface area contributed by atoms with Crippen molar-refractivity contribution in [2.45, 2.75) is 19.9 Å². The van der Waals surface area contributed by atoms with Crippen molar-refractivity contribution in [1.29, 1.82) is 0 Å². The summed E-state index contributed by atoms with van der Waals surface area (Å²) >= 11 is 0. The number of hydrogen-bond acceptors (Lipinski definition) is 6. The van der Waals surface area contributed by atoms with E-state index in [-0.39, 0.29) is 12.6 Å². The van der Waals surface area contributed by atoms with Crippen LogP contribution in [0.3, 0.4) is 0 Å². The van der Waals surface area contributed by atoms with Gasteiger partial charge in [0.15, 0.2) is 17.0 Å². The lowest BCUT2D eigenvalue weighted by Gasteiger charge is -2.12. The number of benzene rings is 1. The van der Waals surface area contributed by atoms with Crippen molar-refractivity contribution in [2.75, 3.05) is 18.5 Å². The summed E-state index contributed by atoms with van der Waals surface area (Å²) in [6, 6.07) is 7.11. The fraction of sp³-hybridized carbons (Fsp3) is 0.294. The van der Waals surface area contributed by atoms with E-state index in [9.17, 15) is 4.79 Å². The van der Waals surface area contributed by atoms with Gasteiger partial charge in [-0.25, -0.2) is 15.0 Å². The third kappa shape index (κ3) is 3.16. The topological polar surface area (TPSA) is 119 Å². The molecule has 8 nitrogen and oxygen atoms in total. The van der Waals surface area contributed by atoms with Crippen LogP contribution in [0.25, 0.3) is 22.6 Å². The number of fused-ring (bicyclic) bond motifs is 1. The van der Waals surface area contributed by atoms with E-state index in [2.05, 4.69) is 15.3 Å². The number of carbonyl (C=O) groups is 1. The number of aliphatic hydroxyl groups excluding tert-OH is 1. The van der Waals surface area contributed by atoms with Gasteiger partial charge in [-0.3, -0.25) is 4.79 Å². The lowest BCUT2D eigenvalue weighted by molar-refractivity contribution is 0.100. The second-order valence-corrected chi connectivity index (χ2v) is 5.89. The highest BCUT2D eigenvalue weighted by Crippen LogP contribution is 2.29. The summed E-state index contributed by atoms with van der Waals surface area (Å²) in [5.41, 5.74) is 7.94. The highest BCUT2D eigenvalue weighted by Gasteiger charge is 2.19. The largest absolute Gasteiger partial charge is 0.395 e. The van der Waals surface area contributed by atoms with Gasteiger partial charge in [-0.2, -0.15) is 0 Å². The molecule has 0 saturated heterocycles. The number of imidazole rings is 1. The molecule has 0 aliphatic carbocycles. The molecule has 0 aliphatic rings. The number of nitrogens with one attached hydrogen (secondary N) is 1. The number of nitrogens with two attached hydrogens (primary N) is 1. The smallest absolute Gasteiger partial charge is 0.248 e. The Hall–Kier alpha value is -3.00. The summed E-state index contributed by atoms with van der Waals surface area (Å²) in [7, 11) is 0. The van der Waals surface area contributed by atoms with E-state index in [0.717, 1.165) is 11.4 Å². The van der Waals surface area contributed by atoms with Crippen molar-refractivity contribution in [3.63, 3.8) is 0 Å². The molecule has 0 unspecified atom stereocenters. The number of amides is 1. The molecule has 25 heavy (non-hydrogen) atoms. The van der Waals surface area contributed by atoms with Gasteiger partial charge in [-0.05, 0) is 26.0 Å². The highest BCUT2D eigenvalue weighted by atomic mass is 16.3. The minimum Gasteiger partial charge on any atom is -0.395 e. The number of rotatable bonds is 6. The first kappa shape index (κ1) is 16.8. The fourth-order valence-corrected chi connectivity index (χ4v) is 2.69. The Kier molecular flexibility index (Phi) is 4.62. The summed E-state index contributed by atoms with van der Waals surface area (Å²) in [4.78, 5) is 24.6. The van der Waals surface area contributed by atoms with Crippen LogP contribution in [-0.4, -0.2) is 43.7 Å². The average Bonchev–Trinajstić information content (AvgIpc) is 3.00. The van der Waals surface area contributed by atoms with Crippen molar-refractivity contribution < 1.29 is 9.90 Å². The van der Waals surface area contributed by atoms with Gasteiger partial charge in [-0.1, -0.05) is 12.1 Å². The molecule has 0 fully saturated rings. The Morgan fingerprint density at radius 3 is 2.60 bits per heavy atom. The maximum Gasteiger partial charge on any atom is 0.248 e. The van der Waals surface area contributed by atoms with E-state index in [0.29, 0.717) is 29.1 Å². The molecular formula is C17H20N6O2. The molecule has 2 heterocycles. The first-order valence-electron chi connectivity index (χ1n) is 8.00. The van der Waals surface area contributed by atoms with Crippen LogP contribution in [0.1, 0.15) is 30.2 Å². The first-order valence-corrected chi connectivity index (χ1v) is 8.00. The van der Waals surface area contributed by atoms with Crippen molar-refractivity contribution in [3.8, 4) is 11.4 Å². The summed E-state index contributed by atoms with van der Waals surface area (Å²) in [5.74, 6) is 0.840. The average molecular weight is 340 g/mol. The Bertz CT molecular complexity index is 901. The molecule has 0 saturated carbocycles. The van der Waals surface area contributed by atoms with Crippen molar-refractivity contribution in [1.82, 2.24) is 19.5 Å². The lowest BCUT2D eigenvalue weighted by atomic mass is 10.1. The van der Waals surface area contributed by atoms with Gasteiger partial charge in [0.25, 0.3) is 0 Å². The maximum atomic E-state index is 11.3. The maximum absolute atomic E-state index is 11.3. The Labute approximate surface area is 144 Å². The molecule has 0 radical (unpaired) electrons. The van der Waals surface area contributed by atoms with E-state index >= 15 is 0 Å². The molecule has 0 bridgehead atoms. The van der Waals surface area contributed by atoms with Crippen LogP contribution in [0.4, 0.5) is 5.82 Å². The number of hydrogen-bond donors (Lipinski definition) is 3. The lowest BCUT2D eigenvalue weighted by Crippen LogP contribution is -2.10. The number of anilines is 1. The first-order chi connectivity index (χ1) is 12.0. The number of carbonyl (C=O) groups excluding carboxylic acids is 1. The molecular weight excluding hydrogens is 320 g/mol. The molecule has 0 aliphatic heterocycles. The van der Waals surface area contributed by atoms with Gasteiger partial charge in [0.2, 0.25) is 5.91 Å². The van der Waals surface area contributed by atoms with Gasteiger partial charge >= 0.3 is 0 Å². The zero-order valence-electron chi connectivity index (χ0n) is 14.1. The molecule has 3 rings (SSSR count). The van der Waals surface area contributed by atoms with Crippen LogP contribution in [0.15, 0.2) is 30.6 Å². The minimum atomic E-state index is -0.467. The predicted molar refractivity (Wildman–Crippen MR) is 95.2 cm³/mol. The molecule has 0 atom stereocenters. The predicted octanol–water partition coefficient (Wildman–Crippen LogP) is 1.58. The Balaban J connectivity index is 2.16. The Morgan fingerprint density at radius 1 is 1.28 bits per heavy atom. The molecule has 4 N–H and O–H groups in total. The molecule has 2 aromatic heterocycles. The highest BCUT2D eigenvalue weighted by molar-refractivity contribution is 5.93. The van der Waals surface area contributed by atoms with Gasteiger partial charge in [0.1, 0.15) is 12.2 Å². The van der Waals surface area contributed by atoms with Crippen molar-refractivity contribution >= 4 is 22.9 Å². The molecule has 8 heteroatoms. The van der Waals surface area contributed by atoms with Crippen LogP contribution < -0.4 is 11.1 Å². The third-order valence-corrected chi connectivity index (χ3v) is 3.83. The zero-order valence-corrected chi connectivity index (χ0v) is 14.1. The van der Waals surface area contributed by atoms with E-state index in [1.54, 1.807) is 12.1 Å². The third-order valence-electron chi connectivity index (χ3n) is 3.83. The van der Waals surface area contributed by atoms with Crippen LogP contribution in [0, 0.1) is 0 Å². The number of primary amides is 1. The van der Waals surface area contributed by atoms with Gasteiger partial charge in [0.05, 0.1) is 6.61 Å². The summed E-state index contributed by atoms with van der Waals surface area (Å²) in [6.45, 7) is 4.47. The van der Waals surface area contributed by atoms with E-state index in [1.165, 1.54) is 6.33 Å². The molecule has 3 aromatic rings. The quantitative estimate of drug-likeness (QED) is 0.627. The second-order valence-electron chi connectivity index (χ2n) is 5.89. The van der Waals surface area contributed by atoms with E-state index < -0.39 is 5.91 Å². The van der Waals surface area contributed by atoms with Gasteiger partial charge in [-0.15, -0.1) is 0 Å². The van der Waals surface area contributed by atoms with Crippen LogP contribution in [0.2, 0.25) is 0 Å². The van der Waals surface area contributed by atoms with Crippen LogP contribution in [0.5, 0.6) is 0 Å². The SMILES string of the molecule is CC(C)n1c(-c2ccc(C(N)=O)cc2)nc2c(NCCO)ncnc21. The number of nitrogens with zero attached hydrogens (tertiary/aromatic N) is 4. The monoisotopic (exact) mass is 340 g/mol. The van der Waals surface area contributed by atoms with E-state index in [4.69, 9.17) is 15.8 Å². The molecule has 0 spiro atoms. The minimum absolute atomic E-state index is 0.00216. The zero-order chi connectivity index (χ0) is 18.0. The van der Waals surface area contributed by atoms with Crippen molar-refractivity contribution in [2.24, 2.45) is 5.73 Å². The van der Waals surface area contributed by atoms with Gasteiger partial charge < -0.3 is 20.7 Å². The summed E-state index contributed by atoms with van der Waals surface area (Å²) in [6.07, 6.45) is 1.47. The standard InChI is InChI=1S/C17H20N6O2/c1-10(2)23-16(12-5-3-11(4-6-12)14(18)25)22-13-15(19-7-8-24)20-9-21-17(13)23/h3-6,9-10,24H,7-8H2,1-2H3,(H2,18,25)(H,19,20,21). The number of aliphatic hydroxyl groups is 1. The van der Waals surface area contributed by atoms with Gasteiger partial charge in [0, 0.05) is 23.7 Å². The van der Waals surface area contributed by atoms with Crippen LogP contribution in [-0.2, 0) is 0 Å². The molecule has 1 aromatic carbocycles. The second kappa shape index (κ2) is 6.86. The van der Waals surface area contributed by atoms with Crippen LogP contribution >= 0.6 is 0 Å².